The van der Waals surface area contributed by atoms with Crippen LogP contribution in [0.5, 0.6) is 0 Å². The Kier molecular flexibility index (Phi) is 6.12. The zero-order chi connectivity index (χ0) is 12.7. The Bertz CT molecular complexity index is 294. The molecule has 17 heavy (non-hydrogen) atoms. The van der Waals surface area contributed by atoms with Gasteiger partial charge in [0.05, 0.1) is 6.61 Å². The van der Waals surface area contributed by atoms with Gasteiger partial charge >= 0.3 is 0 Å². The van der Waals surface area contributed by atoms with E-state index in [2.05, 4.69) is 36.0 Å². The highest BCUT2D eigenvalue weighted by molar-refractivity contribution is 7.07. The minimum absolute atomic E-state index is 0.154. The lowest BCUT2D eigenvalue weighted by Crippen LogP contribution is -2.51. The molecule has 2 unspecified atom stereocenters. The zero-order valence-electron chi connectivity index (χ0n) is 10.9. The number of aliphatic hydroxyl groups is 1. The highest BCUT2D eigenvalue weighted by atomic mass is 32.1. The summed E-state index contributed by atoms with van der Waals surface area (Å²) in [6.45, 7) is 5.05. The smallest absolute Gasteiger partial charge is 0.0642 e. The van der Waals surface area contributed by atoms with Crippen molar-refractivity contribution in [1.29, 1.82) is 0 Å². The molecule has 0 bridgehead atoms. The molecule has 1 rings (SSSR count). The summed E-state index contributed by atoms with van der Waals surface area (Å²) in [4.78, 5) is 0. The van der Waals surface area contributed by atoms with Crippen molar-refractivity contribution >= 4 is 11.3 Å². The molecule has 2 atom stereocenters. The van der Waals surface area contributed by atoms with E-state index < -0.39 is 0 Å². The predicted molar refractivity (Wildman–Crippen MR) is 72.6 cm³/mol. The molecule has 0 saturated carbocycles. The van der Waals surface area contributed by atoms with Gasteiger partial charge in [-0.3, -0.25) is 0 Å². The highest BCUT2D eigenvalue weighted by Crippen LogP contribution is 2.14. The van der Waals surface area contributed by atoms with Gasteiger partial charge in [0, 0.05) is 25.3 Å². The molecule has 0 saturated heterocycles. The molecule has 1 heterocycles. The van der Waals surface area contributed by atoms with E-state index in [1.807, 2.05) is 0 Å². The summed E-state index contributed by atoms with van der Waals surface area (Å²) in [5.74, 6) is 0. The standard InChI is InChI=1S/C13H23NO2S/c1-11(8-12-4-7-17-9-12)14-13(2,5-6-15)10-16-3/h4,7,9,11,14-15H,5-6,8,10H2,1-3H3. The molecule has 0 aromatic carbocycles. The number of ether oxygens (including phenoxy) is 1. The fourth-order valence-corrected chi connectivity index (χ4v) is 2.84. The van der Waals surface area contributed by atoms with E-state index in [-0.39, 0.29) is 12.1 Å². The summed E-state index contributed by atoms with van der Waals surface area (Å²) in [5, 5.41) is 16.9. The maximum absolute atomic E-state index is 9.10. The van der Waals surface area contributed by atoms with Gasteiger partial charge in [-0.25, -0.2) is 0 Å². The lowest BCUT2D eigenvalue weighted by molar-refractivity contribution is 0.0913. The van der Waals surface area contributed by atoms with E-state index in [0.717, 1.165) is 6.42 Å². The van der Waals surface area contributed by atoms with Gasteiger partial charge in [-0.05, 0) is 49.1 Å². The van der Waals surface area contributed by atoms with Crippen molar-refractivity contribution in [2.45, 2.75) is 38.3 Å². The average molecular weight is 257 g/mol. The number of methoxy groups -OCH3 is 1. The number of rotatable bonds is 8. The molecule has 0 radical (unpaired) electrons. The largest absolute Gasteiger partial charge is 0.396 e. The number of thiophene rings is 1. The normalized spacial score (nSPS) is 16.7. The van der Waals surface area contributed by atoms with Crippen molar-refractivity contribution in [3.05, 3.63) is 22.4 Å². The van der Waals surface area contributed by atoms with E-state index in [1.165, 1.54) is 5.56 Å². The van der Waals surface area contributed by atoms with Crippen molar-refractivity contribution in [2.24, 2.45) is 0 Å². The van der Waals surface area contributed by atoms with E-state index in [0.29, 0.717) is 19.1 Å². The number of aliphatic hydroxyl groups excluding tert-OH is 1. The van der Waals surface area contributed by atoms with Gasteiger partial charge in [0.2, 0.25) is 0 Å². The molecule has 4 heteroatoms. The van der Waals surface area contributed by atoms with Gasteiger partial charge in [-0.1, -0.05) is 0 Å². The molecule has 2 N–H and O–H groups in total. The second-order valence-electron chi connectivity index (χ2n) is 4.85. The first-order valence-electron chi connectivity index (χ1n) is 5.98. The third-order valence-electron chi connectivity index (χ3n) is 2.84. The molecule has 98 valence electrons. The van der Waals surface area contributed by atoms with Crippen LogP contribution in [0.25, 0.3) is 0 Å². The lowest BCUT2D eigenvalue weighted by atomic mass is 9.97. The Morgan fingerprint density at radius 2 is 2.35 bits per heavy atom. The molecule has 0 amide bonds. The van der Waals surface area contributed by atoms with E-state index in [1.54, 1.807) is 18.4 Å². The number of hydrogen-bond donors (Lipinski definition) is 2. The summed E-state index contributed by atoms with van der Waals surface area (Å²) >= 11 is 1.73. The van der Waals surface area contributed by atoms with E-state index in [9.17, 15) is 0 Å². The Morgan fingerprint density at radius 3 is 2.88 bits per heavy atom. The molecule has 3 nitrogen and oxygen atoms in total. The molecule has 0 aliphatic heterocycles. The van der Waals surface area contributed by atoms with Crippen molar-refractivity contribution in [1.82, 2.24) is 5.32 Å². The van der Waals surface area contributed by atoms with Crippen LogP contribution in [-0.2, 0) is 11.2 Å². The number of hydrogen-bond acceptors (Lipinski definition) is 4. The average Bonchev–Trinajstić information content (AvgIpc) is 2.70. The highest BCUT2D eigenvalue weighted by Gasteiger charge is 2.25. The maximum atomic E-state index is 9.10. The Hall–Kier alpha value is -0.420. The molecule has 0 spiro atoms. The number of nitrogens with one attached hydrogen (secondary N) is 1. The summed E-state index contributed by atoms with van der Waals surface area (Å²) < 4.78 is 5.22. The first kappa shape index (κ1) is 14.6. The van der Waals surface area contributed by atoms with Crippen LogP contribution in [0, 0.1) is 0 Å². The van der Waals surface area contributed by atoms with Crippen molar-refractivity contribution in [3.63, 3.8) is 0 Å². The van der Waals surface area contributed by atoms with Gasteiger partial charge in [0.25, 0.3) is 0 Å². The zero-order valence-corrected chi connectivity index (χ0v) is 11.7. The van der Waals surface area contributed by atoms with Crippen LogP contribution in [0.3, 0.4) is 0 Å². The van der Waals surface area contributed by atoms with Gasteiger partial charge in [-0.15, -0.1) is 0 Å². The van der Waals surface area contributed by atoms with Gasteiger partial charge in [0.15, 0.2) is 0 Å². The first-order valence-corrected chi connectivity index (χ1v) is 6.92. The lowest BCUT2D eigenvalue weighted by Gasteiger charge is -2.33. The first-order chi connectivity index (χ1) is 8.09. The summed E-state index contributed by atoms with van der Waals surface area (Å²) in [7, 11) is 1.70. The molecular formula is C13H23NO2S. The second kappa shape index (κ2) is 7.11. The Morgan fingerprint density at radius 1 is 1.59 bits per heavy atom. The molecular weight excluding hydrogens is 234 g/mol. The van der Waals surface area contributed by atoms with Gasteiger partial charge in [0.1, 0.15) is 0 Å². The molecule has 1 aromatic rings. The fourth-order valence-electron chi connectivity index (χ4n) is 2.16. The van der Waals surface area contributed by atoms with Crippen LogP contribution >= 0.6 is 11.3 Å². The SMILES string of the molecule is COCC(C)(CCO)NC(C)Cc1ccsc1. The van der Waals surface area contributed by atoms with Crippen molar-refractivity contribution in [3.8, 4) is 0 Å². The van der Waals surface area contributed by atoms with E-state index in [4.69, 9.17) is 9.84 Å². The minimum atomic E-state index is -0.154. The van der Waals surface area contributed by atoms with Crippen LogP contribution in [0.1, 0.15) is 25.8 Å². The summed E-state index contributed by atoms with van der Waals surface area (Å²) in [6, 6.07) is 2.53. The van der Waals surface area contributed by atoms with Crippen LogP contribution in [0.2, 0.25) is 0 Å². The molecule has 1 aromatic heterocycles. The maximum Gasteiger partial charge on any atom is 0.0642 e. The van der Waals surface area contributed by atoms with Crippen LogP contribution in [0.4, 0.5) is 0 Å². The third kappa shape index (κ3) is 5.17. The Labute approximate surface area is 108 Å². The van der Waals surface area contributed by atoms with E-state index >= 15 is 0 Å². The topological polar surface area (TPSA) is 41.5 Å². The fraction of sp³-hybridized carbons (Fsp3) is 0.692. The second-order valence-corrected chi connectivity index (χ2v) is 5.63. The quantitative estimate of drug-likeness (QED) is 0.749. The van der Waals surface area contributed by atoms with Gasteiger partial charge < -0.3 is 15.2 Å². The van der Waals surface area contributed by atoms with Crippen LogP contribution < -0.4 is 5.32 Å². The van der Waals surface area contributed by atoms with Crippen LogP contribution in [-0.4, -0.2) is 37.0 Å². The van der Waals surface area contributed by atoms with Crippen molar-refractivity contribution < 1.29 is 9.84 Å². The van der Waals surface area contributed by atoms with Crippen LogP contribution in [0.15, 0.2) is 16.8 Å². The Balaban J connectivity index is 2.48. The summed E-state index contributed by atoms with van der Waals surface area (Å²) in [6.07, 6.45) is 1.71. The third-order valence-corrected chi connectivity index (χ3v) is 3.58. The molecule has 0 aliphatic rings. The summed E-state index contributed by atoms with van der Waals surface area (Å²) in [5.41, 5.74) is 1.21. The van der Waals surface area contributed by atoms with Gasteiger partial charge in [-0.2, -0.15) is 11.3 Å². The molecule has 0 fully saturated rings. The van der Waals surface area contributed by atoms with Crippen molar-refractivity contribution in [2.75, 3.05) is 20.3 Å². The molecule has 0 aliphatic carbocycles. The predicted octanol–water partition coefficient (Wildman–Crippen LogP) is 2.06. The monoisotopic (exact) mass is 257 g/mol. The minimum Gasteiger partial charge on any atom is -0.396 e.